The molecule has 1 aliphatic rings. The summed E-state index contributed by atoms with van der Waals surface area (Å²) in [6.45, 7) is 0.826. The van der Waals surface area contributed by atoms with Gasteiger partial charge in [-0.3, -0.25) is 0 Å². The van der Waals surface area contributed by atoms with Crippen LogP contribution in [0.25, 0.3) is 0 Å². The van der Waals surface area contributed by atoms with Crippen LogP contribution < -0.4 is 5.32 Å². The van der Waals surface area contributed by atoms with E-state index < -0.39 is 0 Å². The zero-order valence-corrected chi connectivity index (χ0v) is 12.9. The number of allylic oxidation sites excluding steroid dienone is 1. The quantitative estimate of drug-likeness (QED) is 0.864. The molecule has 0 fully saturated rings. The number of thiophene rings is 1. The Balaban J connectivity index is 2.28. The largest absolute Gasteiger partial charge is 0.496 e. The lowest BCUT2D eigenvalue weighted by Crippen LogP contribution is -2.21. The minimum absolute atomic E-state index is 0.150. The van der Waals surface area contributed by atoms with E-state index in [9.17, 15) is 0 Å². The van der Waals surface area contributed by atoms with Crippen LogP contribution >= 0.6 is 43.2 Å². The normalized spacial score (nSPS) is 17.8. The highest BCUT2D eigenvalue weighted by molar-refractivity contribution is 9.12. The van der Waals surface area contributed by atoms with Crippen LogP contribution in [-0.2, 0) is 4.74 Å². The highest BCUT2D eigenvalue weighted by Gasteiger charge is 2.22. The third-order valence-electron chi connectivity index (χ3n) is 2.53. The third kappa shape index (κ3) is 2.70. The average molecular weight is 367 g/mol. The summed E-state index contributed by atoms with van der Waals surface area (Å²) < 4.78 is 7.99. The maximum Gasteiger partial charge on any atom is 0.113 e. The van der Waals surface area contributed by atoms with Crippen molar-refractivity contribution in [3.05, 3.63) is 31.0 Å². The fourth-order valence-corrected chi connectivity index (χ4v) is 4.68. The van der Waals surface area contributed by atoms with Gasteiger partial charge < -0.3 is 10.1 Å². The number of halogens is 2. The van der Waals surface area contributed by atoms with Crippen LogP contribution in [-0.4, -0.2) is 13.7 Å². The maximum atomic E-state index is 5.72. The maximum absolute atomic E-state index is 5.72. The highest BCUT2D eigenvalue weighted by Crippen LogP contribution is 2.38. The van der Waals surface area contributed by atoms with Crippen LogP contribution in [0.3, 0.4) is 0 Å². The first-order valence-electron chi connectivity index (χ1n) is 5.17. The summed E-state index contributed by atoms with van der Waals surface area (Å²) in [5.74, 6) is 1.04. The van der Waals surface area contributed by atoms with Crippen molar-refractivity contribution in [2.45, 2.75) is 18.9 Å². The topological polar surface area (TPSA) is 21.3 Å². The van der Waals surface area contributed by atoms with E-state index in [1.165, 1.54) is 5.56 Å². The van der Waals surface area contributed by atoms with E-state index in [-0.39, 0.29) is 6.04 Å². The monoisotopic (exact) mass is 365 g/mol. The summed E-state index contributed by atoms with van der Waals surface area (Å²) in [7, 11) is 1.96. The van der Waals surface area contributed by atoms with Crippen LogP contribution in [0.2, 0.25) is 0 Å². The van der Waals surface area contributed by atoms with Crippen LogP contribution in [0, 0.1) is 0 Å². The van der Waals surface area contributed by atoms with Gasteiger partial charge in [-0.15, -0.1) is 11.3 Å². The molecular weight excluding hydrogens is 354 g/mol. The lowest BCUT2D eigenvalue weighted by Gasteiger charge is -2.23. The lowest BCUT2D eigenvalue weighted by molar-refractivity contribution is 0.169. The van der Waals surface area contributed by atoms with Crippen LogP contribution in [0.1, 0.15) is 24.4 Å². The van der Waals surface area contributed by atoms with Gasteiger partial charge in [-0.2, -0.15) is 0 Å². The van der Waals surface area contributed by atoms with E-state index >= 15 is 0 Å². The molecule has 0 spiro atoms. The molecule has 1 aromatic heterocycles. The molecule has 5 heteroatoms. The summed E-state index contributed by atoms with van der Waals surface area (Å²) in [5.41, 5.74) is 1.23. The van der Waals surface area contributed by atoms with Crippen molar-refractivity contribution in [1.82, 2.24) is 5.32 Å². The van der Waals surface area contributed by atoms with Gasteiger partial charge in [-0.25, -0.2) is 0 Å². The first-order valence-corrected chi connectivity index (χ1v) is 7.57. The van der Waals surface area contributed by atoms with E-state index in [1.807, 2.05) is 7.05 Å². The SMILES string of the molecule is CNC(C1=CCCCO1)c1cc(Br)sc1Br. The molecule has 0 bridgehead atoms. The molecule has 0 aliphatic carbocycles. The second-order valence-corrected chi connectivity index (χ2v) is 7.35. The second-order valence-electron chi connectivity index (χ2n) is 3.60. The van der Waals surface area contributed by atoms with Gasteiger partial charge >= 0.3 is 0 Å². The number of hydrogen-bond acceptors (Lipinski definition) is 3. The van der Waals surface area contributed by atoms with Crippen LogP contribution in [0.15, 0.2) is 25.5 Å². The van der Waals surface area contributed by atoms with Gasteiger partial charge in [-0.1, -0.05) is 0 Å². The predicted molar refractivity (Wildman–Crippen MR) is 74.8 cm³/mol. The number of rotatable bonds is 3. The summed E-state index contributed by atoms with van der Waals surface area (Å²) in [6.07, 6.45) is 4.41. The number of likely N-dealkylation sites (N-methyl/N-ethyl adjacent to an activating group) is 1. The zero-order valence-electron chi connectivity index (χ0n) is 8.93. The highest BCUT2D eigenvalue weighted by atomic mass is 79.9. The molecule has 2 nitrogen and oxygen atoms in total. The van der Waals surface area contributed by atoms with Crippen molar-refractivity contribution in [3.8, 4) is 0 Å². The standard InChI is InChI=1S/C11H13Br2NOS/c1-14-10(8-4-2-3-5-15-8)7-6-9(12)16-11(7)13/h4,6,10,14H,2-3,5H2,1H3. The Kier molecular flexibility index (Phi) is 4.47. The average Bonchev–Trinajstić information content (AvgIpc) is 2.61. The molecule has 16 heavy (non-hydrogen) atoms. The molecule has 0 saturated heterocycles. The molecule has 2 rings (SSSR count). The van der Waals surface area contributed by atoms with E-state index in [0.29, 0.717) is 0 Å². The predicted octanol–water partition coefficient (Wildman–Crippen LogP) is 4.23. The molecule has 0 amide bonds. The second kappa shape index (κ2) is 5.67. The molecular formula is C11H13Br2NOS. The first kappa shape index (κ1) is 12.6. The van der Waals surface area contributed by atoms with Crippen LogP contribution in [0.4, 0.5) is 0 Å². The fraction of sp³-hybridized carbons (Fsp3) is 0.455. The van der Waals surface area contributed by atoms with E-state index in [0.717, 1.165) is 32.8 Å². The smallest absolute Gasteiger partial charge is 0.113 e. The van der Waals surface area contributed by atoms with Gasteiger partial charge in [0.1, 0.15) is 5.76 Å². The number of ether oxygens (including phenoxy) is 1. The molecule has 1 unspecified atom stereocenters. The molecule has 88 valence electrons. The van der Waals surface area contributed by atoms with Gasteiger partial charge in [0.25, 0.3) is 0 Å². The van der Waals surface area contributed by atoms with Crippen LogP contribution in [0.5, 0.6) is 0 Å². The lowest BCUT2D eigenvalue weighted by atomic mass is 10.1. The minimum Gasteiger partial charge on any atom is -0.496 e. The van der Waals surface area contributed by atoms with Crippen molar-refractivity contribution in [3.63, 3.8) is 0 Å². The molecule has 0 saturated carbocycles. The van der Waals surface area contributed by atoms with Crippen molar-refractivity contribution < 1.29 is 4.74 Å². The van der Waals surface area contributed by atoms with Crippen molar-refractivity contribution in [1.29, 1.82) is 0 Å². The van der Waals surface area contributed by atoms with E-state index in [2.05, 4.69) is 49.3 Å². The van der Waals surface area contributed by atoms with E-state index in [1.54, 1.807) is 11.3 Å². The molecule has 0 radical (unpaired) electrons. The van der Waals surface area contributed by atoms with Gasteiger partial charge in [-0.05, 0) is 63.9 Å². The molecule has 2 heterocycles. The van der Waals surface area contributed by atoms with Crippen molar-refractivity contribution >= 4 is 43.2 Å². The Morgan fingerprint density at radius 3 is 2.81 bits per heavy atom. The van der Waals surface area contributed by atoms with Gasteiger partial charge in [0.2, 0.25) is 0 Å². The zero-order chi connectivity index (χ0) is 11.5. The molecule has 1 N–H and O–H groups in total. The van der Waals surface area contributed by atoms with Gasteiger partial charge in [0.15, 0.2) is 0 Å². The molecule has 1 aromatic rings. The Labute approximate surface area is 116 Å². The number of hydrogen-bond donors (Lipinski definition) is 1. The Hall–Kier alpha value is 0.160. The Morgan fingerprint density at radius 1 is 1.50 bits per heavy atom. The first-order chi connectivity index (χ1) is 7.72. The summed E-state index contributed by atoms with van der Waals surface area (Å²) in [5, 5.41) is 3.30. The molecule has 0 aromatic carbocycles. The fourth-order valence-electron chi connectivity index (χ4n) is 1.78. The molecule has 1 aliphatic heterocycles. The summed E-state index contributed by atoms with van der Waals surface area (Å²) in [6, 6.07) is 2.28. The van der Waals surface area contributed by atoms with E-state index in [4.69, 9.17) is 4.74 Å². The Morgan fingerprint density at radius 2 is 2.31 bits per heavy atom. The summed E-state index contributed by atoms with van der Waals surface area (Å²) >= 11 is 8.78. The minimum atomic E-state index is 0.150. The van der Waals surface area contributed by atoms with Gasteiger partial charge in [0, 0.05) is 5.56 Å². The Bertz CT molecular complexity index is 403. The van der Waals surface area contributed by atoms with Gasteiger partial charge in [0.05, 0.1) is 20.2 Å². The third-order valence-corrected chi connectivity index (χ3v) is 4.92. The number of nitrogens with one attached hydrogen (secondary N) is 1. The summed E-state index contributed by atoms with van der Waals surface area (Å²) in [4.78, 5) is 0. The molecule has 1 atom stereocenters. The van der Waals surface area contributed by atoms with Crippen molar-refractivity contribution in [2.24, 2.45) is 0 Å². The van der Waals surface area contributed by atoms with Crippen molar-refractivity contribution in [2.75, 3.05) is 13.7 Å².